The molecule has 2 fully saturated rings. The summed E-state index contributed by atoms with van der Waals surface area (Å²) in [5, 5.41) is 20.5. The highest BCUT2D eigenvalue weighted by atomic mass is 19.1. The van der Waals surface area contributed by atoms with Crippen molar-refractivity contribution in [1.82, 2.24) is 4.57 Å². The van der Waals surface area contributed by atoms with Crippen molar-refractivity contribution in [3.8, 4) is 11.4 Å². The van der Waals surface area contributed by atoms with Gasteiger partial charge in [-0.3, -0.25) is 4.79 Å². The number of aryl methyl sites for hydroxylation is 1. The number of phenols is 1. The van der Waals surface area contributed by atoms with Crippen molar-refractivity contribution >= 4 is 16.9 Å². The SMILES string of the molecule is Cc1cc(-n2c([C@H]3CCOC3)c([C@H]3C[C@@H](C(=O)O)C3)c3cc(O)ccc32)ccc1F. The van der Waals surface area contributed by atoms with Gasteiger partial charge in [-0.2, -0.15) is 0 Å². The van der Waals surface area contributed by atoms with E-state index in [1.807, 2.05) is 12.1 Å². The lowest BCUT2D eigenvalue weighted by atomic mass is 9.70. The molecule has 0 unspecified atom stereocenters. The molecule has 2 N–H and O–H groups in total. The molecule has 1 saturated heterocycles. The summed E-state index contributed by atoms with van der Waals surface area (Å²) in [6, 6.07) is 10.4. The van der Waals surface area contributed by atoms with Gasteiger partial charge in [-0.1, -0.05) is 0 Å². The largest absolute Gasteiger partial charge is 0.508 e. The van der Waals surface area contributed by atoms with Crippen LogP contribution in [-0.2, 0) is 9.53 Å². The van der Waals surface area contributed by atoms with Crippen LogP contribution in [0.25, 0.3) is 16.6 Å². The van der Waals surface area contributed by atoms with Crippen LogP contribution in [0, 0.1) is 18.7 Å². The smallest absolute Gasteiger partial charge is 0.306 e. The predicted molar refractivity (Wildman–Crippen MR) is 111 cm³/mol. The molecule has 1 aromatic heterocycles. The van der Waals surface area contributed by atoms with Crippen LogP contribution < -0.4 is 0 Å². The summed E-state index contributed by atoms with van der Waals surface area (Å²) in [6.07, 6.45) is 2.06. The molecular weight excluding hydrogens is 385 g/mol. The molecule has 0 bridgehead atoms. The minimum Gasteiger partial charge on any atom is -0.508 e. The number of nitrogens with zero attached hydrogens (tertiary/aromatic N) is 1. The number of aromatic hydroxyl groups is 1. The molecule has 3 aromatic rings. The number of aromatic nitrogens is 1. The number of rotatable bonds is 4. The van der Waals surface area contributed by atoms with Crippen molar-refractivity contribution in [2.24, 2.45) is 5.92 Å². The lowest BCUT2D eigenvalue weighted by Crippen LogP contribution is -2.29. The van der Waals surface area contributed by atoms with E-state index in [1.54, 1.807) is 25.1 Å². The molecule has 30 heavy (non-hydrogen) atoms. The first-order valence-corrected chi connectivity index (χ1v) is 10.4. The summed E-state index contributed by atoms with van der Waals surface area (Å²) >= 11 is 0. The number of benzene rings is 2. The van der Waals surface area contributed by atoms with E-state index in [2.05, 4.69) is 4.57 Å². The molecule has 1 atom stereocenters. The molecule has 1 aliphatic carbocycles. The van der Waals surface area contributed by atoms with Crippen molar-refractivity contribution in [3.63, 3.8) is 0 Å². The predicted octanol–water partition coefficient (Wildman–Crippen LogP) is 4.87. The number of carboxylic acid groups (broad SMARTS) is 1. The van der Waals surface area contributed by atoms with Gasteiger partial charge in [0.25, 0.3) is 0 Å². The fraction of sp³-hybridized carbons (Fsp3) is 0.375. The summed E-state index contributed by atoms with van der Waals surface area (Å²) in [4.78, 5) is 11.4. The molecule has 5 nitrogen and oxygen atoms in total. The van der Waals surface area contributed by atoms with Crippen LogP contribution in [0.4, 0.5) is 4.39 Å². The Morgan fingerprint density at radius 1 is 1.17 bits per heavy atom. The zero-order chi connectivity index (χ0) is 21.0. The third kappa shape index (κ3) is 2.98. The van der Waals surface area contributed by atoms with Gasteiger partial charge in [0.05, 0.1) is 18.0 Å². The number of phenolic OH excluding ortho intramolecular Hbond substituents is 1. The third-order valence-corrected chi connectivity index (χ3v) is 6.64. The number of carbonyl (C=O) groups is 1. The molecule has 0 amide bonds. The number of carboxylic acids is 1. The van der Waals surface area contributed by atoms with Crippen molar-refractivity contribution in [2.45, 2.75) is 38.0 Å². The number of hydrogen-bond acceptors (Lipinski definition) is 3. The molecule has 6 heteroatoms. The fourth-order valence-electron chi connectivity index (χ4n) is 5.01. The molecule has 2 heterocycles. The zero-order valence-electron chi connectivity index (χ0n) is 16.8. The quantitative estimate of drug-likeness (QED) is 0.645. The molecule has 156 valence electrons. The van der Waals surface area contributed by atoms with Gasteiger partial charge in [-0.15, -0.1) is 0 Å². The Bertz CT molecular complexity index is 1140. The first kappa shape index (κ1) is 19.1. The van der Waals surface area contributed by atoms with Gasteiger partial charge < -0.3 is 19.5 Å². The highest BCUT2D eigenvalue weighted by Crippen LogP contribution is 2.50. The Labute approximate surface area is 173 Å². The Balaban J connectivity index is 1.76. The maximum Gasteiger partial charge on any atom is 0.306 e. The second kappa shape index (κ2) is 7.13. The fourth-order valence-corrected chi connectivity index (χ4v) is 5.01. The molecule has 1 aliphatic heterocycles. The van der Waals surface area contributed by atoms with E-state index in [-0.39, 0.29) is 29.3 Å². The van der Waals surface area contributed by atoms with E-state index in [0.29, 0.717) is 31.6 Å². The molecule has 2 aliphatic rings. The average molecular weight is 409 g/mol. The van der Waals surface area contributed by atoms with Crippen LogP contribution in [0.15, 0.2) is 36.4 Å². The number of ether oxygens (including phenoxy) is 1. The van der Waals surface area contributed by atoms with Gasteiger partial charge in [-0.05, 0) is 79.6 Å². The van der Waals surface area contributed by atoms with Gasteiger partial charge in [-0.25, -0.2) is 4.39 Å². The van der Waals surface area contributed by atoms with Crippen molar-refractivity contribution in [3.05, 3.63) is 59.0 Å². The molecule has 2 aromatic carbocycles. The van der Waals surface area contributed by atoms with Crippen LogP contribution in [0.3, 0.4) is 0 Å². The molecular formula is C24H24FNO4. The standard InChI is InChI=1S/C24H24FNO4/c1-13-8-17(2-4-20(13)25)26-21-5-3-18(27)11-19(21)22(15-9-16(10-15)24(28)29)23(26)14-6-7-30-12-14/h2-5,8,11,14-16,27H,6-7,9-10,12H2,1H3,(H,28,29)/t14-,15-,16+/m0/s1. The highest BCUT2D eigenvalue weighted by Gasteiger charge is 2.40. The first-order chi connectivity index (χ1) is 14.4. The van der Waals surface area contributed by atoms with E-state index in [1.165, 1.54) is 6.07 Å². The second-order valence-corrected chi connectivity index (χ2v) is 8.53. The highest BCUT2D eigenvalue weighted by molar-refractivity contribution is 5.90. The molecule has 0 spiro atoms. The topological polar surface area (TPSA) is 71.7 Å². The van der Waals surface area contributed by atoms with Gasteiger partial charge in [0.15, 0.2) is 0 Å². The average Bonchev–Trinajstić information content (AvgIpc) is 3.29. The van der Waals surface area contributed by atoms with Gasteiger partial charge >= 0.3 is 5.97 Å². The van der Waals surface area contributed by atoms with Gasteiger partial charge in [0.2, 0.25) is 0 Å². The lowest BCUT2D eigenvalue weighted by Gasteiger charge is -2.34. The number of fused-ring (bicyclic) bond motifs is 1. The Kier molecular flexibility index (Phi) is 4.54. The molecule has 1 saturated carbocycles. The molecule has 0 radical (unpaired) electrons. The summed E-state index contributed by atoms with van der Waals surface area (Å²) in [6.45, 7) is 3.03. The zero-order valence-corrected chi connectivity index (χ0v) is 16.8. The van der Waals surface area contributed by atoms with Crippen LogP contribution in [0.2, 0.25) is 0 Å². The minimum absolute atomic E-state index is 0.119. The Morgan fingerprint density at radius 2 is 1.97 bits per heavy atom. The van der Waals surface area contributed by atoms with E-state index >= 15 is 0 Å². The molecule has 5 rings (SSSR count). The van der Waals surface area contributed by atoms with Crippen molar-refractivity contribution < 1.29 is 24.1 Å². The normalized spacial score (nSPS) is 23.6. The van der Waals surface area contributed by atoms with Crippen LogP contribution in [0.5, 0.6) is 5.75 Å². The monoisotopic (exact) mass is 409 g/mol. The van der Waals surface area contributed by atoms with E-state index in [9.17, 15) is 19.4 Å². The van der Waals surface area contributed by atoms with Crippen molar-refractivity contribution in [2.75, 3.05) is 13.2 Å². The van der Waals surface area contributed by atoms with Crippen LogP contribution >= 0.6 is 0 Å². The van der Waals surface area contributed by atoms with E-state index < -0.39 is 5.97 Å². The number of aliphatic carboxylic acids is 1. The van der Waals surface area contributed by atoms with Gasteiger partial charge in [0.1, 0.15) is 11.6 Å². The Morgan fingerprint density at radius 3 is 2.63 bits per heavy atom. The van der Waals surface area contributed by atoms with E-state index in [4.69, 9.17) is 4.74 Å². The van der Waals surface area contributed by atoms with Crippen LogP contribution in [-0.4, -0.2) is 34.0 Å². The second-order valence-electron chi connectivity index (χ2n) is 8.53. The summed E-state index contributed by atoms with van der Waals surface area (Å²) in [5.41, 5.74) is 4.59. The minimum atomic E-state index is -0.752. The Hall–Kier alpha value is -2.86. The van der Waals surface area contributed by atoms with E-state index in [0.717, 1.165) is 34.3 Å². The summed E-state index contributed by atoms with van der Waals surface area (Å²) in [7, 11) is 0. The lowest BCUT2D eigenvalue weighted by molar-refractivity contribution is -0.145. The summed E-state index contributed by atoms with van der Waals surface area (Å²) < 4.78 is 21.8. The summed E-state index contributed by atoms with van der Waals surface area (Å²) in [5.74, 6) is -0.858. The van der Waals surface area contributed by atoms with Crippen molar-refractivity contribution in [1.29, 1.82) is 0 Å². The maximum atomic E-state index is 14.0. The number of halogens is 1. The number of hydrogen-bond donors (Lipinski definition) is 2. The third-order valence-electron chi connectivity index (χ3n) is 6.64. The first-order valence-electron chi connectivity index (χ1n) is 10.4. The van der Waals surface area contributed by atoms with Crippen LogP contribution in [0.1, 0.15) is 47.9 Å². The van der Waals surface area contributed by atoms with Gasteiger partial charge in [0, 0.05) is 29.3 Å². The maximum absolute atomic E-state index is 14.0.